The minimum absolute atomic E-state index is 0.274. The lowest BCUT2D eigenvalue weighted by molar-refractivity contribution is -0.119. The molecule has 2 N–H and O–H groups in total. The van der Waals surface area contributed by atoms with Crippen molar-refractivity contribution >= 4 is 56.4 Å². The van der Waals surface area contributed by atoms with E-state index in [1.165, 1.54) is 36.7 Å². The van der Waals surface area contributed by atoms with Gasteiger partial charge in [0.15, 0.2) is 6.61 Å². The van der Waals surface area contributed by atoms with Crippen LogP contribution in [0.25, 0.3) is 0 Å². The molecule has 0 aliphatic heterocycles. The predicted octanol–water partition coefficient (Wildman–Crippen LogP) is 3.85. The van der Waals surface area contributed by atoms with Gasteiger partial charge in [-0.15, -0.1) is 22.7 Å². The molecule has 0 bridgehead atoms. The fourth-order valence-corrected chi connectivity index (χ4v) is 5.85. The number of carbonyl (C=O) groups is 4. The van der Waals surface area contributed by atoms with E-state index in [-0.39, 0.29) is 5.91 Å². The van der Waals surface area contributed by atoms with Gasteiger partial charge in [-0.2, -0.15) is 0 Å². The smallest absolute Gasteiger partial charge is 0.341 e. The Balaban J connectivity index is 1.73. The van der Waals surface area contributed by atoms with Gasteiger partial charge in [0.1, 0.15) is 10.0 Å². The monoisotopic (exact) mass is 464 g/mol. The Labute approximate surface area is 187 Å². The van der Waals surface area contributed by atoms with Crippen molar-refractivity contribution in [1.29, 1.82) is 0 Å². The van der Waals surface area contributed by atoms with Crippen molar-refractivity contribution in [3.05, 3.63) is 32.0 Å². The zero-order valence-electron chi connectivity index (χ0n) is 17.8. The van der Waals surface area contributed by atoms with Gasteiger partial charge in [0.25, 0.3) is 5.91 Å². The van der Waals surface area contributed by atoms with E-state index in [9.17, 15) is 19.2 Å². The number of anilines is 2. The molecule has 0 saturated carbocycles. The van der Waals surface area contributed by atoms with E-state index in [1.54, 1.807) is 6.92 Å². The summed E-state index contributed by atoms with van der Waals surface area (Å²) in [4.78, 5) is 50.8. The molecule has 10 heteroatoms. The van der Waals surface area contributed by atoms with Crippen molar-refractivity contribution in [2.45, 2.75) is 46.5 Å². The molecule has 0 spiro atoms. The maximum absolute atomic E-state index is 12.8. The van der Waals surface area contributed by atoms with Gasteiger partial charge in [0, 0.05) is 16.7 Å². The summed E-state index contributed by atoms with van der Waals surface area (Å²) in [6.07, 6.45) is 3.58. The molecule has 166 valence electrons. The highest BCUT2D eigenvalue weighted by molar-refractivity contribution is 7.17. The van der Waals surface area contributed by atoms with Crippen LogP contribution in [0.15, 0.2) is 0 Å². The lowest BCUT2D eigenvalue weighted by Gasteiger charge is -2.13. The van der Waals surface area contributed by atoms with E-state index < -0.39 is 24.5 Å². The van der Waals surface area contributed by atoms with Crippen molar-refractivity contribution < 1.29 is 28.7 Å². The first-order valence-corrected chi connectivity index (χ1v) is 11.4. The largest absolute Gasteiger partial charge is 0.465 e. The molecule has 0 aromatic carbocycles. The van der Waals surface area contributed by atoms with Crippen molar-refractivity contribution in [2.24, 2.45) is 0 Å². The maximum atomic E-state index is 12.8. The Hall–Kier alpha value is -2.72. The summed E-state index contributed by atoms with van der Waals surface area (Å²) >= 11 is 2.64. The van der Waals surface area contributed by atoms with Crippen molar-refractivity contribution in [3.63, 3.8) is 0 Å². The minimum Gasteiger partial charge on any atom is -0.465 e. The van der Waals surface area contributed by atoms with Crippen molar-refractivity contribution in [1.82, 2.24) is 0 Å². The van der Waals surface area contributed by atoms with E-state index in [4.69, 9.17) is 9.47 Å². The quantitative estimate of drug-likeness (QED) is 0.629. The molecule has 2 aromatic rings. The number of esters is 2. The summed E-state index contributed by atoms with van der Waals surface area (Å²) in [5, 5.41) is 6.15. The van der Waals surface area contributed by atoms with Crippen LogP contribution in [0.1, 0.15) is 61.4 Å². The highest BCUT2D eigenvalue weighted by Gasteiger charge is 2.28. The maximum Gasteiger partial charge on any atom is 0.341 e. The summed E-state index contributed by atoms with van der Waals surface area (Å²) < 4.78 is 10.1. The third kappa shape index (κ3) is 4.96. The van der Waals surface area contributed by atoms with Gasteiger partial charge in [-0.05, 0) is 50.7 Å². The number of hydrogen-bond acceptors (Lipinski definition) is 8. The van der Waals surface area contributed by atoms with Gasteiger partial charge in [-0.1, -0.05) is 0 Å². The average molecular weight is 465 g/mol. The average Bonchev–Trinajstić information content (AvgIpc) is 3.21. The second kappa shape index (κ2) is 9.61. The number of methoxy groups -OCH3 is 1. The molecule has 3 rings (SSSR count). The highest BCUT2D eigenvalue weighted by Crippen LogP contribution is 2.38. The normalized spacial score (nSPS) is 12.6. The van der Waals surface area contributed by atoms with Crippen LogP contribution in [0.3, 0.4) is 0 Å². The zero-order chi connectivity index (χ0) is 22.7. The number of carbonyl (C=O) groups excluding carboxylic acids is 4. The lowest BCUT2D eigenvalue weighted by atomic mass is 9.95. The van der Waals surface area contributed by atoms with E-state index in [0.717, 1.165) is 46.6 Å². The first-order chi connectivity index (χ1) is 14.7. The number of rotatable bonds is 6. The number of fused-ring (bicyclic) bond motifs is 1. The fraction of sp³-hybridized carbons (Fsp3) is 0.429. The van der Waals surface area contributed by atoms with Gasteiger partial charge in [-0.3, -0.25) is 9.59 Å². The Bertz CT molecular complexity index is 1050. The third-order valence-corrected chi connectivity index (χ3v) is 7.36. The Morgan fingerprint density at radius 3 is 2.29 bits per heavy atom. The molecule has 0 unspecified atom stereocenters. The molecule has 2 aromatic heterocycles. The minimum atomic E-state index is -0.648. The lowest BCUT2D eigenvalue weighted by Crippen LogP contribution is -2.22. The summed E-state index contributed by atoms with van der Waals surface area (Å²) in [5.74, 6) is -2.03. The zero-order valence-corrected chi connectivity index (χ0v) is 19.4. The Kier molecular flexibility index (Phi) is 7.11. The number of thiophene rings is 2. The molecule has 0 atom stereocenters. The first kappa shape index (κ1) is 23.0. The number of hydrogen-bond donors (Lipinski definition) is 2. The van der Waals surface area contributed by atoms with E-state index in [1.807, 2.05) is 6.92 Å². The van der Waals surface area contributed by atoms with Crippen LogP contribution in [0.4, 0.5) is 10.0 Å². The molecular weight excluding hydrogens is 440 g/mol. The van der Waals surface area contributed by atoms with Crippen LogP contribution in [0, 0.1) is 13.8 Å². The van der Waals surface area contributed by atoms with Gasteiger partial charge in [-0.25, -0.2) is 9.59 Å². The van der Waals surface area contributed by atoms with E-state index >= 15 is 0 Å². The highest BCUT2D eigenvalue weighted by atomic mass is 32.1. The van der Waals surface area contributed by atoms with Gasteiger partial charge in [0.05, 0.1) is 18.2 Å². The summed E-state index contributed by atoms with van der Waals surface area (Å²) in [6.45, 7) is 4.48. The molecule has 1 aliphatic rings. The van der Waals surface area contributed by atoms with Crippen LogP contribution < -0.4 is 10.6 Å². The second-order valence-corrected chi connectivity index (χ2v) is 9.53. The van der Waals surface area contributed by atoms with Crippen molar-refractivity contribution in [2.75, 3.05) is 24.4 Å². The van der Waals surface area contributed by atoms with Gasteiger partial charge < -0.3 is 20.1 Å². The fourth-order valence-electron chi connectivity index (χ4n) is 3.46. The molecular formula is C21H24N2O6S2. The Morgan fingerprint density at radius 2 is 1.61 bits per heavy atom. The number of ether oxygens (including phenoxy) is 2. The van der Waals surface area contributed by atoms with Crippen LogP contribution >= 0.6 is 22.7 Å². The van der Waals surface area contributed by atoms with Gasteiger partial charge >= 0.3 is 11.9 Å². The standard InChI is InChI=1S/C21H24N2O6S2/c1-10-11(2)30-18(16(10)20(26)28-4)23-15(25)9-29-21(27)17-13-7-5-6-8-14(13)31-19(17)22-12(3)24/h5-9H2,1-4H3,(H,22,24)(H,23,25). The molecule has 8 nitrogen and oxygen atoms in total. The first-order valence-electron chi connectivity index (χ1n) is 9.80. The SMILES string of the molecule is COC(=O)c1c(NC(=O)COC(=O)c2c(NC(C)=O)sc3c2CCCC3)sc(C)c1C. The number of nitrogens with one attached hydrogen (secondary N) is 2. The number of amides is 2. The topological polar surface area (TPSA) is 111 Å². The summed E-state index contributed by atoms with van der Waals surface area (Å²) in [6, 6.07) is 0. The molecule has 2 heterocycles. The summed E-state index contributed by atoms with van der Waals surface area (Å²) in [7, 11) is 1.27. The van der Waals surface area contributed by atoms with E-state index in [2.05, 4.69) is 10.6 Å². The molecule has 0 saturated heterocycles. The molecule has 1 aliphatic carbocycles. The molecule has 31 heavy (non-hydrogen) atoms. The van der Waals surface area contributed by atoms with E-state index in [0.29, 0.717) is 21.1 Å². The Morgan fingerprint density at radius 1 is 0.935 bits per heavy atom. The van der Waals surface area contributed by atoms with Crippen LogP contribution in [-0.2, 0) is 31.9 Å². The van der Waals surface area contributed by atoms with Crippen LogP contribution in [-0.4, -0.2) is 37.5 Å². The molecule has 0 fully saturated rings. The molecule has 2 amide bonds. The molecule has 0 radical (unpaired) electrons. The van der Waals surface area contributed by atoms with Crippen LogP contribution in [0.5, 0.6) is 0 Å². The van der Waals surface area contributed by atoms with Crippen molar-refractivity contribution in [3.8, 4) is 0 Å². The third-order valence-electron chi connectivity index (χ3n) is 5.03. The number of aryl methyl sites for hydroxylation is 2. The summed E-state index contributed by atoms with van der Waals surface area (Å²) in [5.41, 5.74) is 2.25. The second-order valence-electron chi connectivity index (χ2n) is 7.20. The van der Waals surface area contributed by atoms with Gasteiger partial charge in [0.2, 0.25) is 5.91 Å². The predicted molar refractivity (Wildman–Crippen MR) is 119 cm³/mol. The van der Waals surface area contributed by atoms with Crippen LogP contribution in [0.2, 0.25) is 0 Å².